The maximum absolute atomic E-state index is 11.6. The summed E-state index contributed by atoms with van der Waals surface area (Å²) in [5.74, 6) is 0.432. The number of amides is 1. The van der Waals surface area contributed by atoms with E-state index in [1.54, 1.807) is 0 Å². The van der Waals surface area contributed by atoms with Crippen LogP contribution in [0.1, 0.15) is 29.6 Å². The molecule has 1 saturated carbocycles. The van der Waals surface area contributed by atoms with Crippen LogP contribution in [-0.4, -0.2) is 30.6 Å². The zero-order chi connectivity index (χ0) is 12.8. The molecule has 1 heterocycles. The van der Waals surface area contributed by atoms with E-state index in [2.05, 4.69) is 10.3 Å². The van der Waals surface area contributed by atoms with Crippen LogP contribution in [0.3, 0.4) is 0 Å². The molecule has 0 bridgehead atoms. The van der Waals surface area contributed by atoms with Crippen molar-refractivity contribution in [2.24, 2.45) is 5.92 Å². The molecule has 0 atom stereocenters. The average Bonchev–Trinajstić information content (AvgIpc) is 3.18. The van der Waals surface area contributed by atoms with E-state index in [0.717, 1.165) is 18.9 Å². The third-order valence-electron chi connectivity index (χ3n) is 2.87. The highest BCUT2D eigenvalue weighted by atomic mass is 16.5. The Balaban J connectivity index is 1.62. The lowest BCUT2D eigenvalue weighted by molar-refractivity contribution is 0.0936. The first-order chi connectivity index (χ1) is 8.77. The first kappa shape index (κ1) is 12.8. The number of nitrogens with one attached hydrogen (secondary N) is 2. The van der Waals surface area contributed by atoms with Gasteiger partial charge in [-0.1, -0.05) is 0 Å². The normalized spacial score (nSPS) is 14.4. The minimum absolute atomic E-state index is 0.149. The van der Waals surface area contributed by atoms with Crippen LogP contribution in [0.15, 0.2) is 23.3 Å². The fourth-order valence-electron chi connectivity index (χ4n) is 1.60. The molecule has 1 aliphatic carbocycles. The van der Waals surface area contributed by atoms with E-state index < -0.39 is 0 Å². The van der Waals surface area contributed by atoms with Gasteiger partial charge in [-0.3, -0.25) is 9.59 Å². The van der Waals surface area contributed by atoms with Crippen molar-refractivity contribution in [1.82, 2.24) is 10.3 Å². The summed E-state index contributed by atoms with van der Waals surface area (Å²) in [6.07, 6.45) is 6.26. The predicted molar refractivity (Wildman–Crippen MR) is 67.6 cm³/mol. The lowest BCUT2D eigenvalue weighted by Gasteiger charge is -2.05. The second-order valence-corrected chi connectivity index (χ2v) is 4.55. The van der Waals surface area contributed by atoms with Crippen molar-refractivity contribution in [2.75, 3.05) is 19.8 Å². The van der Waals surface area contributed by atoms with E-state index in [1.807, 2.05) is 0 Å². The van der Waals surface area contributed by atoms with Gasteiger partial charge >= 0.3 is 0 Å². The maximum atomic E-state index is 11.6. The molecular formula is C13H18N2O3. The summed E-state index contributed by atoms with van der Waals surface area (Å²) >= 11 is 0. The number of hydrogen-bond acceptors (Lipinski definition) is 3. The van der Waals surface area contributed by atoms with Gasteiger partial charge in [-0.15, -0.1) is 0 Å². The van der Waals surface area contributed by atoms with E-state index in [1.165, 1.54) is 31.3 Å². The molecule has 1 amide bonds. The maximum Gasteiger partial charge on any atom is 0.256 e. The largest absolute Gasteiger partial charge is 0.381 e. The van der Waals surface area contributed by atoms with Crippen molar-refractivity contribution in [3.63, 3.8) is 0 Å². The molecule has 1 aromatic rings. The van der Waals surface area contributed by atoms with Crippen LogP contribution in [0.5, 0.6) is 0 Å². The molecule has 2 rings (SSSR count). The number of ether oxygens (including phenoxy) is 1. The standard InChI is InChI=1S/C13H18N2O3/c16-12-4-6-14-8-11(12)13(17)15-5-1-7-18-9-10-2-3-10/h4,6,8,10H,1-3,5,7,9H2,(H,14,16)(H,15,17). The number of carbonyl (C=O) groups excluding carboxylic acids is 1. The molecule has 5 nitrogen and oxygen atoms in total. The number of aromatic amines is 1. The Morgan fingerprint density at radius 1 is 1.50 bits per heavy atom. The van der Waals surface area contributed by atoms with Gasteiger partial charge in [0.25, 0.3) is 5.91 Å². The number of aromatic nitrogens is 1. The number of carbonyl (C=O) groups is 1. The Hall–Kier alpha value is -1.62. The van der Waals surface area contributed by atoms with Crippen LogP contribution in [0.4, 0.5) is 0 Å². The van der Waals surface area contributed by atoms with Crippen molar-refractivity contribution in [1.29, 1.82) is 0 Å². The third-order valence-corrected chi connectivity index (χ3v) is 2.87. The Kier molecular flexibility index (Phi) is 4.52. The van der Waals surface area contributed by atoms with Gasteiger partial charge in [0.15, 0.2) is 5.43 Å². The smallest absolute Gasteiger partial charge is 0.256 e. The molecule has 0 aromatic carbocycles. The molecule has 1 aromatic heterocycles. The highest BCUT2D eigenvalue weighted by Gasteiger charge is 2.20. The van der Waals surface area contributed by atoms with Crippen LogP contribution in [0, 0.1) is 5.92 Å². The minimum Gasteiger partial charge on any atom is -0.381 e. The van der Waals surface area contributed by atoms with Crippen molar-refractivity contribution >= 4 is 5.91 Å². The molecular weight excluding hydrogens is 232 g/mol. The zero-order valence-electron chi connectivity index (χ0n) is 10.3. The predicted octanol–water partition coefficient (Wildman–Crippen LogP) is 0.921. The second kappa shape index (κ2) is 6.35. The minimum atomic E-state index is -0.334. The van der Waals surface area contributed by atoms with Gasteiger partial charge in [0.05, 0.1) is 0 Å². The first-order valence-corrected chi connectivity index (χ1v) is 6.30. The van der Waals surface area contributed by atoms with Crippen molar-refractivity contribution in [3.05, 3.63) is 34.2 Å². The fourth-order valence-corrected chi connectivity index (χ4v) is 1.60. The molecule has 0 aliphatic heterocycles. The fraction of sp³-hybridized carbons (Fsp3) is 0.538. The van der Waals surface area contributed by atoms with Crippen LogP contribution in [-0.2, 0) is 4.74 Å². The molecule has 98 valence electrons. The molecule has 0 unspecified atom stereocenters. The summed E-state index contributed by atoms with van der Waals surface area (Å²) in [6.45, 7) is 2.02. The zero-order valence-corrected chi connectivity index (χ0v) is 10.3. The second-order valence-electron chi connectivity index (χ2n) is 4.55. The van der Waals surface area contributed by atoms with E-state index in [9.17, 15) is 9.59 Å². The monoisotopic (exact) mass is 250 g/mol. The first-order valence-electron chi connectivity index (χ1n) is 6.30. The SMILES string of the molecule is O=C(NCCCOCC1CC1)c1c[nH]ccc1=O. The van der Waals surface area contributed by atoms with Gasteiger partial charge in [0.1, 0.15) is 5.56 Å². The molecule has 0 spiro atoms. The lowest BCUT2D eigenvalue weighted by atomic mass is 10.2. The van der Waals surface area contributed by atoms with Crippen molar-refractivity contribution < 1.29 is 9.53 Å². The summed E-state index contributed by atoms with van der Waals surface area (Å²) < 4.78 is 5.45. The van der Waals surface area contributed by atoms with Gasteiger partial charge in [-0.05, 0) is 25.2 Å². The van der Waals surface area contributed by atoms with Crippen molar-refractivity contribution in [2.45, 2.75) is 19.3 Å². The van der Waals surface area contributed by atoms with Gasteiger partial charge in [-0.2, -0.15) is 0 Å². The van der Waals surface area contributed by atoms with Crippen LogP contribution in [0.25, 0.3) is 0 Å². The topological polar surface area (TPSA) is 71.2 Å². The summed E-state index contributed by atoms with van der Waals surface area (Å²) in [7, 11) is 0. The molecule has 2 N–H and O–H groups in total. The van der Waals surface area contributed by atoms with Gasteiger partial charge in [0, 0.05) is 38.2 Å². The summed E-state index contributed by atoms with van der Waals surface area (Å²) in [5, 5.41) is 2.70. The highest BCUT2D eigenvalue weighted by Crippen LogP contribution is 2.28. The van der Waals surface area contributed by atoms with Crippen molar-refractivity contribution in [3.8, 4) is 0 Å². The number of rotatable bonds is 7. The van der Waals surface area contributed by atoms with Crippen LogP contribution >= 0.6 is 0 Å². The molecule has 5 heteroatoms. The van der Waals surface area contributed by atoms with Gasteiger partial charge < -0.3 is 15.0 Å². The number of H-pyrrole nitrogens is 1. The Morgan fingerprint density at radius 2 is 2.33 bits per heavy atom. The van der Waals surface area contributed by atoms with Crippen LogP contribution in [0.2, 0.25) is 0 Å². The molecule has 1 aliphatic rings. The number of pyridine rings is 1. The summed E-state index contributed by atoms with van der Waals surface area (Å²) in [4.78, 5) is 25.7. The van der Waals surface area contributed by atoms with Gasteiger partial charge in [0.2, 0.25) is 0 Å². The van der Waals surface area contributed by atoms with E-state index in [4.69, 9.17) is 4.74 Å². The quantitative estimate of drug-likeness (QED) is 0.707. The average molecular weight is 250 g/mol. The molecule has 0 saturated heterocycles. The summed E-state index contributed by atoms with van der Waals surface area (Å²) in [6, 6.07) is 1.34. The lowest BCUT2D eigenvalue weighted by Crippen LogP contribution is -2.29. The van der Waals surface area contributed by atoms with E-state index in [0.29, 0.717) is 13.2 Å². The number of hydrogen-bond donors (Lipinski definition) is 2. The molecule has 0 radical (unpaired) electrons. The Bertz CT molecular complexity index is 452. The highest BCUT2D eigenvalue weighted by molar-refractivity contribution is 5.93. The Morgan fingerprint density at radius 3 is 3.06 bits per heavy atom. The third kappa shape index (κ3) is 4.00. The van der Waals surface area contributed by atoms with E-state index in [-0.39, 0.29) is 16.9 Å². The molecule has 18 heavy (non-hydrogen) atoms. The van der Waals surface area contributed by atoms with E-state index >= 15 is 0 Å². The van der Waals surface area contributed by atoms with Gasteiger partial charge in [-0.25, -0.2) is 0 Å². The summed E-state index contributed by atoms with van der Waals surface area (Å²) in [5.41, 5.74) is -0.118. The molecule has 1 fully saturated rings. The van der Waals surface area contributed by atoms with Crippen LogP contribution < -0.4 is 10.7 Å². The Labute approximate surface area is 106 Å².